The van der Waals surface area contributed by atoms with Crippen molar-refractivity contribution in [3.63, 3.8) is 0 Å². The fraction of sp³-hybridized carbons (Fsp3) is 0.400. The summed E-state index contributed by atoms with van der Waals surface area (Å²) in [6.45, 7) is 1.73. The number of aliphatic hydroxyl groups excluding tert-OH is 1. The van der Waals surface area contributed by atoms with E-state index in [0.717, 1.165) is 12.1 Å². The molecule has 16 heavy (non-hydrogen) atoms. The van der Waals surface area contributed by atoms with Gasteiger partial charge in [0, 0.05) is 6.54 Å². The van der Waals surface area contributed by atoms with Crippen molar-refractivity contribution >= 4 is 10.0 Å². The van der Waals surface area contributed by atoms with Crippen LogP contribution in [0.25, 0.3) is 0 Å². The first kappa shape index (κ1) is 13.1. The number of halogens is 1. The molecule has 0 saturated heterocycles. The van der Waals surface area contributed by atoms with E-state index < -0.39 is 21.9 Å². The smallest absolute Gasteiger partial charge is 0.240 e. The van der Waals surface area contributed by atoms with Crippen LogP contribution in [0, 0.1) is 5.82 Å². The molecule has 90 valence electrons. The molecule has 0 amide bonds. The van der Waals surface area contributed by atoms with E-state index in [1.807, 2.05) is 0 Å². The maximum Gasteiger partial charge on any atom is 0.240 e. The SMILES string of the molecule is CC(O)CCNS(=O)(=O)c1ccc(F)cc1. The molecule has 0 aliphatic carbocycles. The van der Waals surface area contributed by atoms with E-state index in [-0.39, 0.29) is 11.4 Å². The van der Waals surface area contributed by atoms with Crippen molar-refractivity contribution in [2.75, 3.05) is 6.54 Å². The fourth-order valence-electron chi connectivity index (χ4n) is 1.10. The summed E-state index contributed by atoms with van der Waals surface area (Å²) >= 11 is 0. The van der Waals surface area contributed by atoms with E-state index in [0.29, 0.717) is 6.42 Å². The number of sulfonamides is 1. The fourth-order valence-corrected chi connectivity index (χ4v) is 2.15. The van der Waals surface area contributed by atoms with Gasteiger partial charge in [0.15, 0.2) is 0 Å². The molecule has 0 aliphatic heterocycles. The lowest BCUT2D eigenvalue weighted by Gasteiger charge is -2.07. The third-order valence-electron chi connectivity index (χ3n) is 1.98. The standard InChI is InChI=1S/C10H14FNO3S/c1-8(13)6-7-12-16(14,15)10-4-2-9(11)3-5-10/h2-5,8,12-13H,6-7H2,1H3. The largest absolute Gasteiger partial charge is 0.393 e. The molecular formula is C10H14FNO3S. The number of nitrogens with one attached hydrogen (secondary N) is 1. The zero-order valence-electron chi connectivity index (χ0n) is 8.85. The molecule has 6 heteroatoms. The first-order chi connectivity index (χ1) is 7.42. The highest BCUT2D eigenvalue weighted by molar-refractivity contribution is 7.89. The number of hydrogen-bond donors (Lipinski definition) is 2. The van der Waals surface area contributed by atoms with Gasteiger partial charge in [-0.1, -0.05) is 0 Å². The Hall–Kier alpha value is -0.980. The van der Waals surface area contributed by atoms with E-state index in [2.05, 4.69) is 4.72 Å². The minimum absolute atomic E-state index is 0.0134. The molecule has 2 N–H and O–H groups in total. The van der Waals surface area contributed by atoms with Crippen molar-refractivity contribution in [1.82, 2.24) is 4.72 Å². The zero-order valence-corrected chi connectivity index (χ0v) is 9.67. The van der Waals surface area contributed by atoms with Gasteiger partial charge in [-0.2, -0.15) is 0 Å². The van der Waals surface area contributed by atoms with E-state index in [1.54, 1.807) is 6.92 Å². The maximum absolute atomic E-state index is 12.6. The predicted octanol–water partition coefficient (Wildman–Crippen LogP) is 0.875. The minimum Gasteiger partial charge on any atom is -0.393 e. The monoisotopic (exact) mass is 247 g/mol. The second-order valence-electron chi connectivity index (χ2n) is 3.49. The molecule has 1 rings (SSSR count). The van der Waals surface area contributed by atoms with Crippen LogP contribution in [0.5, 0.6) is 0 Å². The molecular weight excluding hydrogens is 233 g/mol. The van der Waals surface area contributed by atoms with Gasteiger partial charge in [-0.25, -0.2) is 17.5 Å². The van der Waals surface area contributed by atoms with Crippen LogP contribution in [-0.2, 0) is 10.0 Å². The van der Waals surface area contributed by atoms with E-state index in [4.69, 9.17) is 5.11 Å². The molecule has 0 bridgehead atoms. The Balaban J connectivity index is 2.67. The lowest BCUT2D eigenvalue weighted by Crippen LogP contribution is -2.26. The normalized spacial score (nSPS) is 13.7. The highest BCUT2D eigenvalue weighted by atomic mass is 32.2. The van der Waals surface area contributed by atoms with Crippen LogP contribution in [0.3, 0.4) is 0 Å². The summed E-state index contributed by atoms with van der Waals surface area (Å²) in [6.07, 6.45) is -0.226. The third kappa shape index (κ3) is 3.88. The molecule has 0 spiro atoms. The van der Waals surface area contributed by atoms with Crippen LogP contribution in [-0.4, -0.2) is 26.2 Å². The van der Waals surface area contributed by atoms with Gasteiger partial charge in [-0.05, 0) is 37.6 Å². The van der Waals surface area contributed by atoms with Gasteiger partial charge < -0.3 is 5.11 Å². The van der Waals surface area contributed by atoms with E-state index >= 15 is 0 Å². The molecule has 0 saturated carbocycles. The van der Waals surface area contributed by atoms with Gasteiger partial charge in [0.25, 0.3) is 0 Å². The predicted molar refractivity (Wildman–Crippen MR) is 57.9 cm³/mol. The van der Waals surface area contributed by atoms with Crippen molar-refractivity contribution < 1.29 is 17.9 Å². The van der Waals surface area contributed by atoms with Crippen LogP contribution in [0.1, 0.15) is 13.3 Å². The van der Waals surface area contributed by atoms with E-state index in [9.17, 15) is 12.8 Å². The second-order valence-corrected chi connectivity index (χ2v) is 5.26. The molecule has 1 atom stereocenters. The Labute approximate surface area is 94.2 Å². The van der Waals surface area contributed by atoms with Crippen LogP contribution in [0.2, 0.25) is 0 Å². The van der Waals surface area contributed by atoms with Crippen molar-refractivity contribution in [1.29, 1.82) is 0 Å². The van der Waals surface area contributed by atoms with Gasteiger partial charge in [0.05, 0.1) is 11.0 Å². The number of aliphatic hydroxyl groups is 1. The Morgan fingerprint density at radius 3 is 2.44 bits per heavy atom. The summed E-state index contributed by atoms with van der Waals surface area (Å²) in [7, 11) is -3.60. The Bertz CT molecular complexity index is 428. The van der Waals surface area contributed by atoms with Gasteiger partial charge in [0.1, 0.15) is 5.82 Å². The van der Waals surface area contributed by atoms with Crippen molar-refractivity contribution in [2.24, 2.45) is 0 Å². The van der Waals surface area contributed by atoms with Gasteiger partial charge >= 0.3 is 0 Å². The first-order valence-corrected chi connectivity index (χ1v) is 6.33. The summed E-state index contributed by atoms with van der Waals surface area (Å²) in [4.78, 5) is 0.0134. The van der Waals surface area contributed by atoms with Gasteiger partial charge in [-0.3, -0.25) is 0 Å². The topological polar surface area (TPSA) is 66.4 Å². The highest BCUT2D eigenvalue weighted by Gasteiger charge is 2.13. The van der Waals surface area contributed by atoms with Crippen molar-refractivity contribution in [3.05, 3.63) is 30.1 Å². The second kappa shape index (κ2) is 5.38. The zero-order chi connectivity index (χ0) is 12.2. The summed E-state index contributed by atoms with van der Waals surface area (Å²) in [6, 6.07) is 4.56. The van der Waals surface area contributed by atoms with Crippen LogP contribution in [0.4, 0.5) is 4.39 Å². The van der Waals surface area contributed by atoms with Gasteiger partial charge in [-0.15, -0.1) is 0 Å². The Morgan fingerprint density at radius 2 is 1.94 bits per heavy atom. The minimum atomic E-state index is -3.60. The van der Waals surface area contributed by atoms with Gasteiger partial charge in [0.2, 0.25) is 10.0 Å². The molecule has 0 radical (unpaired) electrons. The van der Waals surface area contributed by atoms with Crippen LogP contribution in [0.15, 0.2) is 29.2 Å². The maximum atomic E-state index is 12.6. The molecule has 4 nitrogen and oxygen atoms in total. The molecule has 1 aromatic carbocycles. The summed E-state index contributed by atoms with van der Waals surface area (Å²) in [5, 5.41) is 8.97. The lowest BCUT2D eigenvalue weighted by atomic mass is 10.3. The average molecular weight is 247 g/mol. The quantitative estimate of drug-likeness (QED) is 0.811. The van der Waals surface area contributed by atoms with Crippen molar-refractivity contribution in [3.8, 4) is 0 Å². The van der Waals surface area contributed by atoms with Crippen LogP contribution >= 0.6 is 0 Å². The Morgan fingerprint density at radius 1 is 1.38 bits per heavy atom. The highest BCUT2D eigenvalue weighted by Crippen LogP contribution is 2.09. The Kier molecular flexibility index (Phi) is 4.40. The number of hydrogen-bond acceptors (Lipinski definition) is 3. The molecule has 1 aromatic rings. The summed E-state index contributed by atoms with van der Waals surface area (Å²) in [5.41, 5.74) is 0. The number of benzene rings is 1. The third-order valence-corrected chi connectivity index (χ3v) is 3.46. The summed E-state index contributed by atoms with van der Waals surface area (Å²) in [5.74, 6) is -0.483. The summed E-state index contributed by atoms with van der Waals surface area (Å²) < 4.78 is 38.1. The van der Waals surface area contributed by atoms with Crippen LogP contribution < -0.4 is 4.72 Å². The van der Waals surface area contributed by atoms with Crippen molar-refractivity contribution in [2.45, 2.75) is 24.3 Å². The molecule has 0 fully saturated rings. The average Bonchev–Trinajstić information content (AvgIpc) is 2.17. The first-order valence-electron chi connectivity index (χ1n) is 4.85. The molecule has 0 aliphatic rings. The molecule has 0 heterocycles. The molecule has 1 unspecified atom stereocenters. The van der Waals surface area contributed by atoms with E-state index in [1.165, 1.54) is 12.1 Å². The number of rotatable bonds is 5. The lowest BCUT2D eigenvalue weighted by molar-refractivity contribution is 0.186. The molecule has 0 aromatic heterocycles.